The van der Waals surface area contributed by atoms with Gasteiger partial charge in [0.15, 0.2) is 5.78 Å². The van der Waals surface area contributed by atoms with E-state index in [0.29, 0.717) is 0 Å². The van der Waals surface area contributed by atoms with Gasteiger partial charge in [0.25, 0.3) is 0 Å². The summed E-state index contributed by atoms with van der Waals surface area (Å²) in [5.74, 6) is -0.352. The lowest BCUT2D eigenvalue weighted by Crippen LogP contribution is -2.38. The molecule has 1 aromatic carbocycles. The summed E-state index contributed by atoms with van der Waals surface area (Å²) in [6.45, 7) is 7.11. The Bertz CT molecular complexity index is 483. The summed E-state index contributed by atoms with van der Waals surface area (Å²) >= 11 is 0. The molecule has 0 spiro atoms. The van der Waals surface area contributed by atoms with Crippen LogP contribution in [-0.2, 0) is 4.79 Å². The first kappa shape index (κ1) is 16.4. The van der Waals surface area contributed by atoms with E-state index in [1.54, 1.807) is 0 Å². The number of benzene rings is 1. The Morgan fingerprint density at radius 1 is 1.20 bits per heavy atom. The predicted molar refractivity (Wildman–Crippen MR) is 80.8 cm³/mol. The molecule has 2 N–H and O–H groups in total. The second kappa shape index (κ2) is 7.80. The van der Waals surface area contributed by atoms with Gasteiger partial charge in [0.1, 0.15) is 0 Å². The van der Waals surface area contributed by atoms with Crippen molar-refractivity contribution < 1.29 is 9.59 Å². The van der Waals surface area contributed by atoms with Gasteiger partial charge in [-0.25, -0.2) is 0 Å². The molecule has 110 valence electrons. The second-order valence-electron chi connectivity index (χ2n) is 5.27. The Morgan fingerprint density at radius 2 is 1.90 bits per heavy atom. The monoisotopic (exact) mass is 276 g/mol. The average molecular weight is 276 g/mol. The van der Waals surface area contributed by atoms with Crippen LogP contribution in [0.15, 0.2) is 18.2 Å². The van der Waals surface area contributed by atoms with Crippen LogP contribution in [0.4, 0.5) is 0 Å². The van der Waals surface area contributed by atoms with Crippen LogP contribution >= 0.6 is 0 Å². The normalized spacial score (nSPS) is 10.8. The standard InChI is InChI=1S/C16H24N2O2/c1-4-5-8-18(11-16(17)20)10-15(19)14-7-6-12(2)9-13(14)3/h6-7,9H,4-5,8,10-11H2,1-3H3,(H2,17,20). The molecule has 0 heterocycles. The number of amides is 1. The molecule has 0 aliphatic carbocycles. The zero-order valence-electron chi connectivity index (χ0n) is 12.6. The zero-order valence-corrected chi connectivity index (χ0v) is 12.6. The quantitative estimate of drug-likeness (QED) is 0.739. The predicted octanol–water partition coefficient (Wildman–Crippen LogP) is 2.07. The van der Waals surface area contributed by atoms with E-state index in [1.165, 1.54) is 0 Å². The number of nitrogens with two attached hydrogens (primary N) is 1. The van der Waals surface area contributed by atoms with Crippen LogP contribution in [-0.4, -0.2) is 36.2 Å². The van der Waals surface area contributed by atoms with Crippen LogP contribution in [0.2, 0.25) is 0 Å². The molecule has 4 nitrogen and oxygen atoms in total. The molecular weight excluding hydrogens is 252 g/mol. The van der Waals surface area contributed by atoms with Crippen molar-refractivity contribution in [3.63, 3.8) is 0 Å². The molecule has 1 amide bonds. The Morgan fingerprint density at radius 3 is 2.45 bits per heavy atom. The van der Waals surface area contributed by atoms with Crippen LogP contribution in [0, 0.1) is 13.8 Å². The van der Waals surface area contributed by atoms with Gasteiger partial charge >= 0.3 is 0 Å². The van der Waals surface area contributed by atoms with E-state index in [1.807, 2.05) is 36.9 Å². The number of rotatable bonds is 8. The smallest absolute Gasteiger partial charge is 0.231 e. The van der Waals surface area contributed by atoms with Gasteiger partial charge in [-0.15, -0.1) is 0 Å². The first-order valence-electron chi connectivity index (χ1n) is 7.05. The maximum Gasteiger partial charge on any atom is 0.231 e. The molecule has 0 unspecified atom stereocenters. The fraction of sp³-hybridized carbons (Fsp3) is 0.500. The molecule has 1 aromatic rings. The third kappa shape index (κ3) is 5.13. The summed E-state index contributed by atoms with van der Waals surface area (Å²) in [6.07, 6.45) is 1.97. The molecule has 0 saturated carbocycles. The highest BCUT2D eigenvalue weighted by atomic mass is 16.1. The van der Waals surface area contributed by atoms with Crippen molar-refractivity contribution in [2.24, 2.45) is 5.73 Å². The molecule has 0 aliphatic heterocycles. The fourth-order valence-electron chi connectivity index (χ4n) is 2.23. The summed E-state index contributed by atoms with van der Waals surface area (Å²) in [6, 6.07) is 5.79. The summed E-state index contributed by atoms with van der Waals surface area (Å²) < 4.78 is 0. The van der Waals surface area contributed by atoms with Gasteiger partial charge in [-0.2, -0.15) is 0 Å². The molecule has 4 heteroatoms. The van der Waals surface area contributed by atoms with Gasteiger partial charge in [-0.3, -0.25) is 14.5 Å². The van der Waals surface area contributed by atoms with Crippen LogP contribution in [0.25, 0.3) is 0 Å². The zero-order chi connectivity index (χ0) is 15.1. The topological polar surface area (TPSA) is 63.4 Å². The van der Waals surface area contributed by atoms with Gasteiger partial charge in [-0.05, 0) is 32.4 Å². The maximum absolute atomic E-state index is 12.3. The van der Waals surface area contributed by atoms with Gasteiger partial charge in [0.2, 0.25) is 5.91 Å². The van der Waals surface area contributed by atoms with Crippen molar-refractivity contribution in [2.75, 3.05) is 19.6 Å². The van der Waals surface area contributed by atoms with Crippen LogP contribution in [0.3, 0.4) is 0 Å². The number of unbranched alkanes of at least 4 members (excludes halogenated alkanes) is 1. The molecule has 0 fully saturated rings. The SMILES string of the molecule is CCCCN(CC(N)=O)CC(=O)c1ccc(C)cc1C. The molecule has 0 aliphatic rings. The lowest BCUT2D eigenvalue weighted by molar-refractivity contribution is -0.119. The highest BCUT2D eigenvalue weighted by Crippen LogP contribution is 2.12. The number of hydrogen-bond acceptors (Lipinski definition) is 3. The minimum absolute atomic E-state index is 0.0415. The van der Waals surface area contributed by atoms with E-state index in [-0.39, 0.29) is 18.9 Å². The third-order valence-corrected chi connectivity index (χ3v) is 3.26. The second-order valence-corrected chi connectivity index (χ2v) is 5.27. The van der Waals surface area contributed by atoms with Crippen molar-refractivity contribution in [3.05, 3.63) is 34.9 Å². The van der Waals surface area contributed by atoms with E-state index in [4.69, 9.17) is 5.73 Å². The molecule has 0 radical (unpaired) electrons. The highest BCUT2D eigenvalue weighted by molar-refractivity contribution is 5.99. The Hall–Kier alpha value is -1.68. The van der Waals surface area contributed by atoms with Crippen LogP contribution < -0.4 is 5.73 Å². The van der Waals surface area contributed by atoms with E-state index >= 15 is 0 Å². The molecule has 0 atom stereocenters. The van der Waals surface area contributed by atoms with Crippen molar-refractivity contribution in [1.29, 1.82) is 0 Å². The summed E-state index contributed by atoms with van der Waals surface area (Å²) in [7, 11) is 0. The Balaban J connectivity index is 2.75. The van der Waals surface area contributed by atoms with Gasteiger partial charge in [0, 0.05) is 5.56 Å². The molecular formula is C16H24N2O2. The lowest BCUT2D eigenvalue weighted by atomic mass is 10.0. The van der Waals surface area contributed by atoms with Gasteiger partial charge < -0.3 is 5.73 Å². The molecule has 20 heavy (non-hydrogen) atoms. The van der Waals surface area contributed by atoms with Crippen LogP contribution in [0.1, 0.15) is 41.3 Å². The average Bonchev–Trinajstić information content (AvgIpc) is 2.35. The van der Waals surface area contributed by atoms with E-state index in [9.17, 15) is 9.59 Å². The van der Waals surface area contributed by atoms with Gasteiger partial charge in [0.05, 0.1) is 13.1 Å². The summed E-state index contributed by atoms with van der Waals surface area (Å²) in [5, 5.41) is 0. The Kier molecular flexibility index (Phi) is 6.39. The minimum Gasteiger partial charge on any atom is -0.369 e. The molecule has 0 aromatic heterocycles. The number of ketones is 1. The fourth-order valence-corrected chi connectivity index (χ4v) is 2.23. The van der Waals surface area contributed by atoms with Gasteiger partial charge in [-0.1, -0.05) is 37.1 Å². The number of aryl methyl sites for hydroxylation is 2. The molecule has 0 bridgehead atoms. The first-order chi connectivity index (χ1) is 9.43. The third-order valence-electron chi connectivity index (χ3n) is 3.26. The first-order valence-corrected chi connectivity index (χ1v) is 7.05. The summed E-state index contributed by atoms with van der Waals surface area (Å²) in [4.78, 5) is 25.2. The number of hydrogen-bond donors (Lipinski definition) is 1. The van der Waals surface area contributed by atoms with Crippen molar-refractivity contribution in [3.8, 4) is 0 Å². The van der Waals surface area contributed by atoms with Crippen molar-refractivity contribution in [1.82, 2.24) is 4.90 Å². The summed E-state index contributed by atoms with van der Waals surface area (Å²) in [5.41, 5.74) is 8.08. The van der Waals surface area contributed by atoms with Crippen LogP contribution in [0.5, 0.6) is 0 Å². The Labute approximate surface area is 121 Å². The number of Topliss-reactive ketones (excluding diaryl/α,β-unsaturated/α-hetero) is 1. The minimum atomic E-state index is -0.394. The van der Waals surface area contributed by atoms with E-state index in [0.717, 1.165) is 36.1 Å². The number of carbonyl (C=O) groups excluding carboxylic acids is 2. The molecule has 1 rings (SSSR count). The largest absolute Gasteiger partial charge is 0.369 e. The lowest BCUT2D eigenvalue weighted by Gasteiger charge is -2.20. The maximum atomic E-state index is 12.3. The number of nitrogens with zero attached hydrogens (tertiary/aromatic N) is 1. The van der Waals surface area contributed by atoms with E-state index in [2.05, 4.69) is 6.92 Å². The number of carbonyl (C=O) groups is 2. The highest BCUT2D eigenvalue weighted by Gasteiger charge is 2.15. The number of primary amides is 1. The van der Waals surface area contributed by atoms with Crippen molar-refractivity contribution in [2.45, 2.75) is 33.6 Å². The van der Waals surface area contributed by atoms with Crippen molar-refractivity contribution >= 4 is 11.7 Å². The molecule has 0 saturated heterocycles. The van der Waals surface area contributed by atoms with E-state index < -0.39 is 5.91 Å².